The third kappa shape index (κ3) is 3.93. The van der Waals surface area contributed by atoms with Crippen molar-refractivity contribution in [1.82, 2.24) is 14.9 Å². The average Bonchev–Trinajstić information content (AvgIpc) is 2.99. The molecular formula is C20H21N3O4S. The Labute approximate surface area is 163 Å². The lowest BCUT2D eigenvalue weighted by Crippen LogP contribution is -2.48. The predicted molar refractivity (Wildman–Crippen MR) is 105 cm³/mol. The lowest BCUT2D eigenvalue weighted by atomic mass is 9.96. The zero-order valence-corrected chi connectivity index (χ0v) is 16.0. The SMILES string of the molecule is O=C1CC(c2cccc(-c3cccc(CN4CCCS4(=O)=O)c3)c2)NC(=O)N1. The van der Waals surface area contributed by atoms with Crippen molar-refractivity contribution in [3.8, 4) is 11.1 Å². The summed E-state index contributed by atoms with van der Waals surface area (Å²) >= 11 is 0. The van der Waals surface area contributed by atoms with Gasteiger partial charge in [0.05, 0.1) is 18.2 Å². The van der Waals surface area contributed by atoms with Gasteiger partial charge in [-0.1, -0.05) is 36.4 Å². The fraction of sp³-hybridized carbons (Fsp3) is 0.300. The summed E-state index contributed by atoms with van der Waals surface area (Å²) < 4.78 is 25.6. The number of carbonyl (C=O) groups is 2. The van der Waals surface area contributed by atoms with Crippen LogP contribution in [0.4, 0.5) is 4.79 Å². The van der Waals surface area contributed by atoms with Crippen LogP contribution in [-0.2, 0) is 21.4 Å². The molecular weight excluding hydrogens is 378 g/mol. The highest BCUT2D eigenvalue weighted by molar-refractivity contribution is 7.89. The zero-order chi connectivity index (χ0) is 19.7. The molecule has 2 aliphatic rings. The fourth-order valence-electron chi connectivity index (χ4n) is 3.67. The van der Waals surface area contributed by atoms with E-state index in [1.807, 2.05) is 48.5 Å². The number of benzene rings is 2. The third-order valence-electron chi connectivity index (χ3n) is 5.06. The van der Waals surface area contributed by atoms with E-state index in [-0.39, 0.29) is 24.1 Å². The molecule has 8 heteroatoms. The Balaban J connectivity index is 1.58. The summed E-state index contributed by atoms with van der Waals surface area (Å²) in [6, 6.07) is 14.6. The molecule has 2 aromatic rings. The van der Waals surface area contributed by atoms with Gasteiger partial charge in [-0.15, -0.1) is 0 Å². The molecule has 1 unspecified atom stereocenters. The Morgan fingerprint density at radius 2 is 1.79 bits per heavy atom. The van der Waals surface area contributed by atoms with Gasteiger partial charge >= 0.3 is 6.03 Å². The lowest BCUT2D eigenvalue weighted by Gasteiger charge is -2.23. The first-order chi connectivity index (χ1) is 13.4. The quantitative estimate of drug-likeness (QED) is 0.824. The molecule has 0 spiro atoms. The van der Waals surface area contributed by atoms with E-state index in [9.17, 15) is 18.0 Å². The van der Waals surface area contributed by atoms with Gasteiger partial charge in [0.1, 0.15) is 0 Å². The smallest absolute Gasteiger partial charge is 0.321 e. The summed E-state index contributed by atoms with van der Waals surface area (Å²) in [4.78, 5) is 23.2. The number of urea groups is 1. The molecule has 28 heavy (non-hydrogen) atoms. The number of amides is 3. The van der Waals surface area contributed by atoms with Gasteiger partial charge in [-0.05, 0) is 40.8 Å². The molecule has 3 amide bonds. The number of nitrogens with one attached hydrogen (secondary N) is 2. The van der Waals surface area contributed by atoms with Crippen molar-refractivity contribution in [1.29, 1.82) is 0 Å². The molecule has 0 bridgehead atoms. The first-order valence-corrected chi connectivity index (χ1v) is 10.8. The lowest BCUT2D eigenvalue weighted by molar-refractivity contribution is -0.121. The molecule has 2 fully saturated rings. The summed E-state index contributed by atoms with van der Waals surface area (Å²) in [7, 11) is -3.14. The monoisotopic (exact) mass is 399 g/mol. The van der Waals surface area contributed by atoms with Gasteiger partial charge in [0.15, 0.2) is 0 Å². The second-order valence-electron chi connectivity index (χ2n) is 7.11. The van der Waals surface area contributed by atoms with Crippen molar-refractivity contribution >= 4 is 22.0 Å². The van der Waals surface area contributed by atoms with E-state index in [0.29, 0.717) is 19.5 Å². The van der Waals surface area contributed by atoms with Gasteiger partial charge in [0, 0.05) is 13.1 Å². The Kier molecular flexibility index (Phi) is 4.91. The summed E-state index contributed by atoms with van der Waals surface area (Å²) in [6.07, 6.45) is 0.868. The number of nitrogens with zero attached hydrogens (tertiary/aromatic N) is 1. The van der Waals surface area contributed by atoms with E-state index in [0.717, 1.165) is 22.3 Å². The molecule has 0 aliphatic carbocycles. The van der Waals surface area contributed by atoms with Gasteiger partial charge in [-0.2, -0.15) is 4.31 Å². The van der Waals surface area contributed by atoms with Crippen molar-refractivity contribution in [2.75, 3.05) is 12.3 Å². The van der Waals surface area contributed by atoms with Crippen LogP contribution in [0.5, 0.6) is 0 Å². The number of sulfonamides is 1. The molecule has 2 saturated heterocycles. The van der Waals surface area contributed by atoms with Crippen LogP contribution in [-0.4, -0.2) is 37.0 Å². The molecule has 1 atom stereocenters. The minimum Gasteiger partial charge on any atom is -0.330 e. The Morgan fingerprint density at radius 3 is 2.50 bits per heavy atom. The number of hydrogen-bond donors (Lipinski definition) is 2. The molecule has 2 heterocycles. The fourth-order valence-corrected chi connectivity index (χ4v) is 5.17. The number of carbonyl (C=O) groups excluding carboxylic acids is 2. The summed E-state index contributed by atoms with van der Waals surface area (Å²) in [6.45, 7) is 0.931. The Morgan fingerprint density at radius 1 is 1.04 bits per heavy atom. The largest absolute Gasteiger partial charge is 0.330 e. The number of rotatable bonds is 4. The highest BCUT2D eigenvalue weighted by Crippen LogP contribution is 2.27. The molecule has 146 valence electrons. The number of hydrogen-bond acceptors (Lipinski definition) is 4. The first-order valence-electron chi connectivity index (χ1n) is 9.18. The topological polar surface area (TPSA) is 95.6 Å². The highest BCUT2D eigenvalue weighted by Gasteiger charge is 2.28. The normalized spacial score (nSPS) is 21.9. The third-order valence-corrected chi connectivity index (χ3v) is 6.96. The van der Waals surface area contributed by atoms with Crippen molar-refractivity contribution in [3.63, 3.8) is 0 Å². The van der Waals surface area contributed by atoms with Crippen molar-refractivity contribution < 1.29 is 18.0 Å². The van der Waals surface area contributed by atoms with E-state index in [2.05, 4.69) is 10.6 Å². The van der Waals surface area contributed by atoms with Crippen LogP contribution in [0.3, 0.4) is 0 Å². The first kappa shape index (κ1) is 18.6. The standard InChI is InChI=1S/C20H21N3O4S/c24-19-12-18(21-20(25)22-19)17-7-2-6-16(11-17)15-5-1-4-14(10-15)13-23-8-3-9-28(23,26)27/h1-2,4-7,10-11,18H,3,8-9,12-13H2,(H2,21,22,24,25). The van der Waals surface area contributed by atoms with E-state index in [1.54, 1.807) is 0 Å². The van der Waals surface area contributed by atoms with Crippen molar-refractivity contribution in [2.45, 2.75) is 25.4 Å². The average molecular weight is 399 g/mol. The highest BCUT2D eigenvalue weighted by atomic mass is 32.2. The number of imide groups is 1. The van der Waals surface area contributed by atoms with Crippen LogP contribution < -0.4 is 10.6 Å². The Hall–Kier alpha value is -2.71. The minimum absolute atomic E-state index is 0.196. The van der Waals surface area contributed by atoms with E-state index in [1.165, 1.54) is 4.31 Å². The van der Waals surface area contributed by atoms with Gasteiger partial charge in [-0.25, -0.2) is 13.2 Å². The van der Waals surface area contributed by atoms with Crippen LogP contribution in [0.2, 0.25) is 0 Å². The Bertz CT molecular complexity index is 1020. The second kappa shape index (κ2) is 7.37. The molecule has 7 nitrogen and oxygen atoms in total. The van der Waals surface area contributed by atoms with Crippen molar-refractivity contribution in [2.24, 2.45) is 0 Å². The van der Waals surface area contributed by atoms with Crippen LogP contribution in [0.1, 0.15) is 30.0 Å². The van der Waals surface area contributed by atoms with Gasteiger partial charge in [-0.3, -0.25) is 10.1 Å². The summed E-state index contributed by atoms with van der Waals surface area (Å²) in [5.74, 6) is -0.0805. The van der Waals surface area contributed by atoms with Gasteiger partial charge in [0.2, 0.25) is 15.9 Å². The van der Waals surface area contributed by atoms with Gasteiger partial charge < -0.3 is 5.32 Å². The van der Waals surface area contributed by atoms with E-state index in [4.69, 9.17) is 0 Å². The zero-order valence-electron chi connectivity index (χ0n) is 15.2. The molecule has 0 radical (unpaired) electrons. The molecule has 0 aromatic heterocycles. The maximum absolute atomic E-state index is 12.1. The maximum Gasteiger partial charge on any atom is 0.321 e. The van der Waals surface area contributed by atoms with Crippen LogP contribution >= 0.6 is 0 Å². The summed E-state index contributed by atoms with van der Waals surface area (Å²) in [5, 5.41) is 5.00. The molecule has 2 aliphatic heterocycles. The van der Waals surface area contributed by atoms with Crippen LogP contribution in [0.15, 0.2) is 48.5 Å². The van der Waals surface area contributed by atoms with E-state index >= 15 is 0 Å². The molecule has 2 aromatic carbocycles. The van der Waals surface area contributed by atoms with Gasteiger partial charge in [0.25, 0.3) is 0 Å². The predicted octanol–water partition coefficient (Wildman–Crippen LogP) is 2.16. The molecule has 0 saturated carbocycles. The van der Waals surface area contributed by atoms with E-state index < -0.39 is 16.1 Å². The second-order valence-corrected chi connectivity index (χ2v) is 9.20. The maximum atomic E-state index is 12.1. The van der Waals surface area contributed by atoms with Crippen molar-refractivity contribution in [3.05, 3.63) is 59.7 Å². The minimum atomic E-state index is -3.14. The van der Waals surface area contributed by atoms with Crippen LogP contribution in [0.25, 0.3) is 11.1 Å². The summed E-state index contributed by atoms with van der Waals surface area (Å²) in [5.41, 5.74) is 3.69. The molecule has 2 N–H and O–H groups in total. The van der Waals surface area contributed by atoms with Crippen LogP contribution in [0, 0.1) is 0 Å². The molecule has 4 rings (SSSR count).